The summed E-state index contributed by atoms with van der Waals surface area (Å²) in [5.74, 6) is 0.557. The molecule has 4 aromatic rings. The summed E-state index contributed by atoms with van der Waals surface area (Å²) in [5, 5.41) is 4.18. The third-order valence-electron chi connectivity index (χ3n) is 7.87. The monoisotopic (exact) mass is 469 g/mol. The zero-order chi connectivity index (χ0) is 23.8. The summed E-state index contributed by atoms with van der Waals surface area (Å²) in [7, 11) is 0. The van der Waals surface area contributed by atoms with E-state index < -0.39 is 0 Å². The minimum Gasteiger partial charge on any atom is -0.342 e. The molecule has 4 nitrogen and oxygen atoms in total. The fourth-order valence-corrected chi connectivity index (χ4v) is 5.90. The zero-order valence-corrected chi connectivity index (χ0v) is 20.9. The second-order valence-electron chi connectivity index (χ2n) is 10.0. The van der Waals surface area contributed by atoms with Crippen molar-refractivity contribution in [2.24, 2.45) is 5.41 Å². The molecule has 0 unspecified atom stereocenters. The van der Waals surface area contributed by atoms with Crippen molar-refractivity contribution in [3.63, 3.8) is 0 Å². The van der Waals surface area contributed by atoms with Crippen molar-refractivity contribution in [3.8, 4) is 11.4 Å². The molecule has 5 heteroatoms. The van der Waals surface area contributed by atoms with E-state index in [-0.39, 0.29) is 10.8 Å². The highest BCUT2D eigenvalue weighted by Crippen LogP contribution is 2.55. The molecule has 1 saturated carbocycles. The topological polar surface area (TPSA) is 42.2 Å². The van der Waals surface area contributed by atoms with Gasteiger partial charge in [-0.05, 0) is 65.6 Å². The summed E-state index contributed by atoms with van der Waals surface area (Å²) in [6.45, 7) is 7.17. The van der Waals surface area contributed by atoms with Crippen LogP contribution in [-0.4, -0.2) is 10.1 Å². The summed E-state index contributed by atoms with van der Waals surface area (Å²) in [5.41, 5.74) is 5.45. The normalized spacial score (nSPS) is 15.4. The van der Waals surface area contributed by atoms with E-state index in [2.05, 4.69) is 96.5 Å². The van der Waals surface area contributed by atoms with Crippen LogP contribution in [0.4, 0.5) is 17.1 Å². The van der Waals surface area contributed by atoms with Gasteiger partial charge in [-0.1, -0.05) is 75.2 Å². The Labute approximate surface area is 207 Å². The van der Waals surface area contributed by atoms with Crippen molar-refractivity contribution in [2.45, 2.75) is 56.8 Å². The fourth-order valence-electron chi connectivity index (χ4n) is 5.39. The first-order valence-electron chi connectivity index (χ1n) is 12.0. The molecular formula is C29H31N3OS. The molecule has 1 aliphatic carbocycles. The van der Waals surface area contributed by atoms with E-state index in [1.54, 1.807) is 0 Å². The summed E-state index contributed by atoms with van der Waals surface area (Å²) >= 11 is 5.07. The number of aromatic nitrogens is 2. The van der Waals surface area contributed by atoms with E-state index in [1.807, 2.05) is 12.1 Å². The lowest BCUT2D eigenvalue weighted by Gasteiger charge is -2.43. The van der Waals surface area contributed by atoms with E-state index in [9.17, 15) is 0 Å². The third-order valence-corrected chi connectivity index (χ3v) is 8.36. The highest BCUT2D eigenvalue weighted by molar-refractivity contribution is 7.80. The zero-order valence-electron chi connectivity index (χ0n) is 20.0. The van der Waals surface area contributed by atoms with Crippen LogP contribution in [0.25, 0.3) is 11.4 Å². The molecule has 0 amide bonds. The molecule has 5 rings (SSSR count). The van der Waals surface area contributed by atoms with Crippen molar-refractivity contribution in [3.05, 3.63) is 84.8 Å². The van der Waals surface area contributed by atoms with Crippen LogP contribution in [0.3, 0.4) is 0 Å². The number of benzene rings is 3. The maximum atomic E-state index is 5.13. The maximum Gasteiger partial charge on any atom is 0.214 e. The molecule has 174 valence electrons. The van der Waals surface area contributed by atoms with E-state index in [1.165, 1.54) is 37.6 Å². The highest BCUT2D eigenvalue weighted by atomic mass is 32.1. The number of thiol groups is 1. The Morgan fingerprint density at radius 2 is 1.47 bits per heavy atom. The van der Waals surface area contributed by atoms with Gasteiger partial charge in [0.15, 0.2) is 0 Å². The second kappa shape index (κ2) is 8.95. The van der Waals surface area contributed by atoms with E-state index >= 15 is 0 Å². The van der Waals surface area contributed by atoms with Gasteiger partial charge in [-0.15, -0.1) is 12.6 Å². The number of para-hydroxylation sites is 2. The lowest BCUT2D eigenvalue weighted by molar-refractivity contribution is 0.176. The van der Waals surface area contributed by atoms with Gasteiger partial charge in [0.25, 0.3) is 0 Å². The Kier molecular flexibility index (Phi) is 5.98. The van der Waals surface area contributed by atoms with Crippen molar-refractivity contribution in [2.75, 3.05) is 4.90 Å². The molecule has 0 aliphatic heterocycles. The highest BCUT2D eigenvalue weighted by Gasteiger charge is 2.45. The van der Waals surface area contributed by atoms with Gasteiger partial charge in [-0.25, -0.2) is 0 Å². The molecule has 0 radical (unpaired) electrons. The first kappa shape index (κ1) is 22.7. The van der Waals surface area contributed by atoms with Crippen LogP contribution in [0, 0.1) is 5.41 Å². The summed E-state index contributed by atoms with van der Waals surface area (Å²) in [4.78, 5) is 7.59. The van der Waals surface area contributed by atoms with Gasteiger partial charge in [0, 0.05) is 27.5 Å². The van der Waals surface area contributed by atoms with Crippen LogP contribution in [0.15, 0.2) is 88.6 Å². The molecule has 3 aromatic carbocycles. The predicted octanol–water partition coefficient (Wildman–Crippen LogP) is 8.35. The molecule has 1 aliphatic rings. The average molecular weight is 470 g/mol. The number of nitrogens with zero attached hydrogens (tertiary/aromatic N) is 3. The van der Waals surface area contributed by atoms with Crippen molar-refractivity contribution >= 4 is 29.7 Å². The number of anilines is 3. The van der Waals surface area contributed by atoms with Crippen LogP contribution in [0.5, 0.6) is 0 Å². The van der Waals surface area contributed by atoms with E-state index in [0.717, 1.165) is 27.5 Å². The molecule has 1 fully saturated rings. The van der Waals surface area contributed by atoms with Gasteiger partial charge in [-0.3, -0.25) is 0 Å². The minimum absolute atomic E-state index is 0.0892. The molecular weight excluding hydrogens is 438 g/mol. The first-order valence-corrected chi connectivity index (χ1v) is 12.4. The number of hydrogen-bond acceptors (Lipinski definition) is 5. The van der Waals surface area contributed by atoms with Gasteiger partial charge in [0.2, 0.25) is 12.2 Å². The average Bonchev–Trinajstić information content (AvgIpc) is 3.54. The molecule has 1 aromatic heterocycles. The first-order chi connectivity index (χ1) is 16.4. The lowest BCUT2D eigenvalue weighted by Crippen LogP contribution is -2.37. The van der Waals surface area contributed by atoms with Crippen LogP contribution in [0.1, 0.15) is 52.0 Å². The van der Waals surface area contributed by atoms with Crippen LogP contribution < -0.4 is 4.90 Å². The van der Waals surface area contributed by atoms with Crippen LogP contribution >= 0.6 is 12.6 Å². The summed E-state index contributed by atoms with van der Waals surface area (Å²) in [6, 6.07) is 25.4. The Morgan fingerprint density at radius 3 is 2.00 bits per heavy atom. The number of rotatable bonds is 6. The van der Waals surface area contributed by atoms with Gasteiger partial charge in [0.1, 0.15) is 0 Å². The molecule has 0 spiro atoms. The summed E-state index contributed by atoms with van der Waals surface area (Å²) in [6.07, 6.45) is 6.37. The Morgan fingerprint density at radius 1 is 0.882 bits per heavy atom. The molecule has 0 bridgehead atoms. The molecule has 0 N–H and O–H groups in total. The van der Waals surface area contributed by atoms with Crippen molar-refractivity contribution < 1.29 is 4.52 Å². The molecule has 0 atom stereocenters. The van der Waals surface area contributed by atoms with Gasteiger partial charge in [0.05, 0.1) is 0 Å². The summed E-state index contributed by atoms with van der Waals surface area (Å²) < 4.78 is 5.13. The van der Waals surface area contributed by atoms with Crippen molar-refractivity contribution in [1.82, 2.24) is 10.1 Å². The quantitative estimate of drug-likeness (QED) is 0.288. The van der Waals surface area contributed by atoms with Crippen molar-refractivity contribution in [1.29, 1.82) is 0 Å². The van der Waals surface area contributed by atoms with Gasteiger partial charge >= 0.3 is 0 Å². The number of hydrogen-bond donors (Lipinski definition) is 1. The third kappa shape index (κ3) is 3.92. The molecule has 0 saturated heterocycles. The smallest absolute Gasteiger partial charge is 0.214 e. The standard InChI is InChI=1S/C29H31N3OS/c1-28(2,29(3)16-10-11-17-29)25-19-23(18-24(26(25)34)27-30-20-33-31-27)32(21-12-6-4-7-13-21)22-14-8-5-9-15-22/h4-9,12-15,18-20,34H,10-11,16-17H2,1-3H3. The second-order valence-corrected chi connectivity index (χ2v) is 10.5. The fraction of sp³-hybridized carbons (Fsp3) is 0.310. The largest absolute Gasteiger partial charge is 0.342 e. The maximum absolute atomic E-state index is 5.13. The SMILES string of the molecule is CC1(C(C)(C)c2cc(N(c3ccccc3)c3ccccc3)cc(-c3ncon3)c2S)CCCC1. The van der Waals surface area contributed by atoms with Crippen LogP contribution in [-0.2, 0) is 5.41 Å². The Balaban J connectivity index is 1.77. The Bertz CT molecular complexity index is 1210. The van der Waals surface area contributed by atoms with Crippen LogP contribution in [0.2, 0.25) is 0 Å². The minimum atomic E-state index is -0.0892. The van der Waals surface area contributed by atoms with Gasteiger partial charge < -0.3 is 9.42 Å². The lowest BCUT2D eigenvalue weighted by atomic mass is 9.62. The van der Waals surface area contributed by atoms with E-state index in [0.29, 0.717) is 5.82 Å². The molecule has 34 heavy (non-hydrogen) atoms. The van der Waals surface area contributed by atoms with E-state index in [4.69, 9.17) is 17.2 Å². The van der Waals surface area contributed by atoms with Gasteiger partial charge in [-0.2, -0.15) is 4.98 Å². The predicted molar refractivity (Wildman–Crippen MR) is 141 cm³/mol. The molecule has 1 heterocycles. The Hall–Kier alpha value is -3.05.